The Morgan fingerprint density at radius 1 is 0.545 bits per heavy atom. The second-order valence-corrected chi connectivity index (χ2v) is 13.6. The fourth-order valence-corrected chi connectivity index (χ4v) is 8.00. The lowest BCUT2D eigenvalue weighted by molar-refractivity contribution is 0.629. The molecule has 0 atom stereocenters. The quantitative estimate of drug-likeness (QED) is 0.179. The van der Waals surface area contributed by atoms with Gasteiger partial charge >= 0.3 is 0 Å². The zero-order chi connectivity index (χ0) is 29.6. The standard InChI is InChI=1S/C43H29Br/c1-43(2)39-24-34(44)19-18-31(39)22-38-40(43)25-37-36(42(38)33-17-15-27-9-4-6-11-29(27)21-33)23-32-12-7-13-35(41(32)37)30-16-14-26-8-3-5-10-28(26)20-30/h3-25H,1-2H3. The van der Waals surface area contributed by atoms with E-state index >= 15 is 0 Å². The van der Waals surface area contributed by atoms with Crippen molar-refractivity contribution in [1.29, 1.82) is 0 Å². The van der Waals surface area contributed by atoms with E-state index in [-0.39, 0.29) is 5.41 Å². The molecule has 0 nitrogen and oxygen atoms in total. The first-order valence-corrected chi connectivity index (χ1v) is 16.1. The number of halogens is 1. The molecule has 208 valence electrons. The third-order valence-corrected chi connectivity index (χ3v) is 10.3. The van der Waals surface area contributed by atoms with Crippen LogP contribution in [-0.2, 0) is 5.41 Å². The molecule has 9 rings (SSSR count). The van der Waals surface area contributed by atoms with Crippen molar-refractivity contribution in [3.8, 4) is 22.3 Å². The Hall–Kier alpha value is -4.72. The largest absolute Gasteiger partial charge is 0.0616 e. The third kappa shape index (κ3) is 3.76. The lowest BCUT2D eigenvalue weighted by Gasteiger charge is -2.33. The SMILES string of the molecule is CC1(C)c2cc(Br)ccc2C=c2c1cc1c(c2-c2ccc3ccccc3c2)C=c2cccc(-c3ccc4ccccc4c3)c2=1. The van der Waals surface area contributed by atoms with Gasteiger partial charge in [0.05, 0.1) is 0 Å². The summed E-state index contributed by atoms with van der Waals surface area (Å²) in [6, 6.07) is 47.2. The van der Waals surface area contributed by atoms with Gasteiger partial charge in [-0.25, -0.2) is 0 Å². The summed E-state index contributed by atoms with van der Waals surface area (Å²) in [6.45, 7) is 4.77. The lowest BCUT2D eigenvalue weighted by Crippen LogP contribution is -2.33. The molecule has 0 unspecified atom stereocenters. The fraction of sp³-hybridized carbons (Fsp3) is 0.0698. The van der Waals surface area contributed by atoms with E-state index in [1.54, 1.807) is 0 Å². The van der Waals surface area contributed by atoms with Gasteiger partial charge in [-0.1, -0.05) is 127 Å². The second-order valence-electron chi connectivity index (χ2n) is 12.7. The Kier molecular flexibility index (Phi) is 5.49. The molecule has 0 saturated heterocycles. The Balaban J connectivity index is 1.45. The maximum atomic E-state index is 3.76. The summed E-state index contributed by atoms with van der Waals surface area (Å²) in [5.41, 5.74) is 10.3. The van der Waals surface area contributed by atoms with Gasteiger partial charge in [0, 0.05) is 9.89 Å². The molecule has 0 aliphatic heterocycles. The minimum atomic E-state index is -0.176. The molecule has 0 bridgehead atoms. The number of benzene rings is 7. The van der Waals surface area contributed by atoms with Crippen molar-refractivity contribution in [2.45, 2.75) is 19.3 Å². The predicted octanol–water partition coefficient (Wildman–Crippen LogP) is 9.99. The van der Waals surface area contributed by atoms with E-state index in [0.29, 0.717) is 0 Å². The van der Waals surface area contributed by atoms with Crippen LogP contribution in [0.25, 0.3) is 56.0 Å². The highest BCUT2D eigenvalue weighted by molar-refractivity contribution is 9.10. The smallest absolute Gasteiger partial charge is 0.0178 e. The fourth-order valence-electron chi connectivity index (χ4n) is 7.63. The van der Waals surface area contributed by atoms with Gasteiger partial charge in [-0.2, -0.15) is 0 Å². The van der Waals surface area contributed by atoms with Crippen LogP contribution in [0.5, 0.6) is 0 Å². The molecule has 7 aromatic carbocycles. The molecule has 1 heteroatoms. The van der Waals surface area contributed by atoms with E-state index in [9.17, 15) is 0 Å². The lowest BCUT2D eigenvalue weighted by atomic mass is 9.70. The molecule has 0 radical (unpaired) electrons. The van der Waals surface area contributed by atoms with Crippen LogP contribution in [0.1, 0.15) is 36.1 Å². The third-order valence-electron chi connectivity index (χ3n) is 9.83. The van der Waals surface area contributed by atoms with Crippen LogP contribution in [-0.4, -0.2) is 0 Å². The zero-order valence-electron chi connectivity index (χ0n) is 24.7. The summed E-state index contributed by atoms with van der Waals surface area (Å²) < 4.78 is 1.12. The molecule has 0 saturated carbocycles. The first kappa shape index (κ1) is 25.7. The van der Waals surface area contributed by atoms with Gasteiger partial charge in [0.25, 0.3) is 0 Å². The molecule has 44 heavy (non-hydrogen) atoms. The van der Waals surface area contributed by atoms with Crippen LogP contribution in [0.4, 0.5) is 0 Å². The highest BCUT2D eigenvalue weighted by Gasteiger charge is 2.32. The Bertz CT molecular complexity index is 2590. The van der Waals surface area contributed by atoms with E-state index in [1.807, 2.05) is 0 Å². The molecular weight excluding hydrogens is 596 g/mol. The van der Waals surface area contributed by atoms with Gasteiger partial charge in [-0.05, 0) is 129 Å². The number of hydrogen-bond acceptors (Lipinski definition) is 0. The van der Waals surface area contributed by atoms with E-state index in [4.69, 9.17) is 0 Å². The summed E-state index contributed by atoms with van der Waals surface area (Å²) in [7, 11) is 0. The van der Waals surface area contributed by atoms with Crippen molar-refractivity contribution in [2.75, 3.05) is 0 Å². The first-order chi connectivity index (χ1) is 21.5. The number of fused-ring (bicyclic) bond motifs is 6. The van der Waals surface area contributed by atoms with Gasteiger partial charge in [-0.3, -0.25) is 0 Å². The topological polar surface area (TPSA) is 0 Å². The van der Waals surface area contributed by atoms with Gasteiger partial charge in [0.1, 0.15) is 0 Å². The van der Waals surface area contributed by atoms with Gasteiger partial charge in [-0.15, -0.1) is 0 Å². The maximum Gasteiger partial charge on any atom is 0.0178 e. The summed E-state index contributed by atoms with van der Waals surface area (Å²) in [6.07, 6.45) is 4.85. The molecule has 0 fully saturated rings. The Morgan fingerprint density at radius 2 is 1.23 bits per heavy atom. The van der Waals surface area contributed by atoms with E-state index in [1.165, 1.54) is 86.9 Å². The summed E-state index contributed by atoms with van der Waals surface area (Å²) in [5, 5.41) is 10.3. The summed E-state index contributed by atoms with van der Waals surface area (Å²) in [4.78, 5) is 0. The zero-order valence-corrected chi connectivity index (χ0v) is 26.2. The summed E-state index contributed by atoms with van der Waals surface area (Å²) in [5.74, 6) is 0. The van der Waals surface area contributed by atoms with E-state index < -0.39 is 0 Å². The minimum Gasteiger partial charge on any atom is -0.0616 e. The molecular formula is C43H29Br. The normalized spacial score (nSPS) is 13.9. The summed E-state index contributed by atoms with van der Waals surface area (Å²) >= 11 is 3.76. The first-order valence-electron chi connectivity index (χ1n) is 15.3. The Morgan fingerprint density at radius 3 is 1.98 bits per heavy atom. The van der Waals surface area contributed by atoms with Crippen LogP contribution in [0, 0.1) is 10.4 Å². The highest BCUT2D eigenvalue weighted by atomic mass is 79.9. The van der Waals surface area contributed by atoms with Gasteiger partial charge in [0.15, 0.2) is 0 Å². The second kappa shape index (κ2) is 9.39. The van der Waals surface area contributed by atoms with E-state index in [0.717, 1.165) is 4.47 Å². The molecule has 0 spiro atoms. The minimum absolute atomic E-state index is 0.176. The molecule has 0 heterocycles. The number of rotatable bonds is 2. The van der Waals surface area contributed by atoms with Crippen LogP contribution >= 0.6 is 15.9 Å². The Labute approximate surface area is 265 Å². The van der Waals surface area contributed by atoms with Crippen molar-refractivity contribution in [3.05, 3.63) is 175 Å². The van der Waals surface area contributed by atoms with Crippen LogP contribution in [0.3, 0.4) is 0 Å². The van der Waals surface area contributed by atoms with Crippen molar-refractivity contribution < 1.29 is 0 Å². The van der Waals surface area contributed by atoms with Crippen molar-refractivity contribution in [3.63, 3.8) is 0 Å². The molecule has 0 N–H and O–H groups in total. The van der Waals surface area contributed by atoms with Crippen molar-refractivity contribution >= 4 is 49.6 Å². The monoisotopic (exact) mass is 624 g/mol. The van der Waals surface area contributed by atoms with Crippen LogP contribution < -0.4 is 10.4 Å². The average Bonchev–Trinajstić information content (AvgIpc) is 3.42. The highest BCUT2D eigenvalue weighted by Crippen LogP contribution is 2.40. The van der Waals surface area contributed by atoms with E-state index in [2.05, 4.69) is 169 Å². The maximum absolute atomic E-state index is 3.76. The predicted molar refractivity (Wildman–Crippen MR) is 189 cm³/mol. The molecule has 0 aromatic heterocycles. The van der Waals surface area contributed by atoms with Crippen LogP contribution in [0.15, 0.2) is 132 Å². The van der Waals surface area contributed by atoms with Crippen LogP contribution in [0.2, 0.25) is 0 Å². The molecule has 7 aromatic rings. The number of hydrogen-bond donors (Lipinski definition) is 0. The van der Waals surface area contributed by atoms with Gasteiger partial charge in [0.2, 0.25) is 0 Å². The van der Waals surface area contributed by atoms with Crippen molar-refractivity contribution in [1.82, 2.24) is 0 Å². The van der Waals surface area contributed by atoms with Gasteiger partial charge < -0.3 is 0 Å². The molecule has 0 amide bonds. The van der Waals surface area contributed by atoms with Crippen molar-refractivity contribution in [2.24, 2.45) is 0 Å². The molecule has 2 aliphatic carbocycles. The average molecular weight is 626 g/mol. The molecule has 2 aliphatic rings.